The van der Waals surface area contributed by atoms with Crippen molar-refractivity contribution < 1.29 is 13.9 Å². The van der Waals surface area contributed by atoms with E-state index in [1.807, 2.05) is 6.07 Å². The zero-order valence-corrected chi connectivity index (χ0v) is 8.74. The third kappa shape index (κ3) is 2.78. The number of hydrogen-bond acceptors (Lipinski definition) is 4. The molecule has 0 saturated carbocycles. The number of methoxy groups -OCH3 is 1. The quantitative estimate of drug-likeness (QED) is 0.765. The maximum Gasteiger partial charge on any atom is 0.322 e. The van der Waals surface area contributed by atoms with Gasteiger partial charge in [-0.2, -0.15) is 5.26 Å². The minimum atomic E-state index is -0.890. The molecule has 5 heteroatoms. The molecule has 0 spiro atoms. The van der Waals surface area contributed by atoms with E-state index in [1.54, 1.807) is 0 Å². The molecule has 84 valence electrons. The molecular weight excluding hydrogens is 211 g/mol. The molecule has 0 bridgehead atoms. The molecular formula is C11H11FN2O2. The number of hydrogen-bond donors (Lipinski definition) is 1. The highest BCUT2D eigenvalue weighted by atomic mass is 19.1. The Morgan fingerprint density at radius 3 is 2.94 bits per heavy atom. The van der Waals surface area contributed by atoms with Gasteiger partial charge < -0.3 is 10.5 Å². The number of ether oxygens (including phenoxy) is 1. The number of benzene rings is 1. The average molecular weight is 222 g/mol. The van der Waals surface area contributed by atoms with Gasteiger partial charge in [0.15, 0.2) is 0 Å². The number of nitriles is 1. The Hall–Kier alpha value is -1.93. The summed E-state index contributed by atoms with van der Waals surface area (Å²) in [4.78, 5) is 11.1. The van der Waals surface area contributed by atoms with Crippen LogP contribution in [0.2, 0.25) is 0 Å². The molecule has 0 heterocycles. The summed E-state index contributed by atoms with van der Waals surface area (Å²) in [5, 5.41) is 8.79. The topological polar surface area (TPSA) is 76.1 Å². The second kappa shape index (κ2) is 5.24. The highest BCUT2D eigenvalue weighted by Gasteiger charge is 2.16. The largest absolute Gasteiger partial charge is 0.468 e. The molecule has 0 aliphatic carbocycles. The summed E-state index contributed by atoms with van der Waals surface area (Å²) in [7, 11) is 1.22. The average Bonchev–Trinajstić information content (AvgIpc) is 2.28. The van der Waals surface area contributed by atoms with E-state index in [4.69, 9.17) is 11.0 Å². The van der Waals surface area contributed by atoms with Crippen molar-refractivity contribution in [3.8, 4) is 6.07 Å². The van der Waals surface area contributed by atoms with Crippen molar-refractivity contribution in [1.82, 2.24) is 0 Å². The van der Waals surface area contributed by atoms with Crippen LogP contribution in [-0.4, -0.2) is 19.1 Å². The summed E-state index contributed by atoms with van der Waals surface area (Å²) in [5.41, 5.74) is 6.24. The Morgan fingerprint density at radius 2 is 2.38 bits per heavy atom. The highest BCUT2D eigenvalue weighted by molar-refractivity contribution is 5.75. The molecule has 0 saturated heterocycles. The summed E-state index contributed by atoms with van der Waals surface area (Å²) in [5.74, 6) is -1.06. The van der Waals surface area contributed by atoms with Crippen LogP contribution >= 0.6 is 0 Å². The van der Waals surface area contributed by atoms with Crippen molar-refractivity contribution in [3.63, 3.8) is 0 Å². The Morgan fingerprint density at radius 1 is 1.69 bits per heavy atom. The van der Waals surface area contributed by atoms with Crippen molar-refractivity contribution in [1.29, 1.82) is 5.26 Å². The lowest BCUT2D eigenvalue weighted by Crippen LogP contribution is -2.33. The molecule has 2 N–H and O–H groups in total. The van der Waals surface area contributed by atoms with Crippen LogP contribution in [0.1, 0.15) is 11.1 Å². The number of halogens is 1. The zero-order chi connectivity index (χ0) is 12.1. The molecule has 1 aromatic carbocycles. The predicted octanol–water partition coefficient (Wildman–Crippen LogP) is 0.740. The summed E-state index contributed by atoms with van der Waals surface area (Å²) in [6.45, 7) is 0. The van der Waals surface area contributed by atoms with Crippen LogP contribution in [0.25, 0.3) is 0 Å². The number of carbonyl (C=O) groups is 1. The lowest BCUT2D eigenvalue weighted by Gasteiger charge is -2.10. The van der Waals surface area contributed by atoms with E-state index in [0.29, 0.717) is 11.1 Å². The molecule has 16 heavy (non-hydrogen) atoms. The Bertz CT molecular complexity index is 440. The van der Waals surface area contributed by atoms with Crippen LogP contribution in [0.15, 0.2) is 18.2 Å². The van der Waals surface area contributed by atoms with Gasteiger partial charge in [0.25, 0.3) is 0 Å². The fourth-order valence-electron chi connectivity index (χ4n) is 1.31. The van der Waals surface area contributed by atoms with Gasteiger partial charge in [0.1, 0.15) is 11.9 Å². The number of carbonyl (C=O) groups excluding carboxylic acids is 1. The minimum absolute atomic E-state index is 0.0767. The third-order valence-electron chi connectivity index (χ3n) is 2.13. The lowest BCUT2D eigenvalue weighted by atomic mass is 10.0. The first kappa shape index (κ1) is 12.1. The van der Waals surface area contributed by atoms with Gasteiger partial charge in [-0.1, -0.05) is 0 Å². The van der Waals surface area contributed by atoms with Crippen molar-refractivity contribution in [2.45, 2.75) is 12.5 Å². The van der Waals surface area contributed by atoms with E-state index in [2.05, 4.69) is 4.74 Å². The first-order valence-electron chi connectivity index (χ1n) is 4.60. The van der Waals surface area contributed by atoms with E-state index >= 15 is 0 Å². The summed E-state index contributed by atoms with van der Waals surface area (Å²) >= 11 is 0. The van der Waals surface area contributed by atoms with Crippen LogP contribution in [-0.2, 0) is 16.0 Å². The Labute approximate surface area is 92.4 Å². The summed E-state index contributed by atoms with van der Waals surface area (Å²) in [6, 6.07) is 4.76. The van der Waals surface area contributed by atoms with Gasteiger partial charge in [-0.15, -0.1) is 0 Å². The normalized spacial score (nSPS) is 11.6. The van der Waals surface area contributed by atoms with E-state index in [9.17, 15) is 9.18 Å². The van der Waals surface area contributed by atoms with Crippen LogP contribution in [0.4, 0.5) is 4.39 Å². The molecule has 1 rings (SSSR count). The number of nitrogens with two attached hydrogens (primary N) is 1. The Balaban J connectivity index is 2.92. The van der Waals surface area contributed by atoms with Crippen LogP contribution in [0.3, 0.4) is 0 Å². The number of nitrogens with zero attached hydrogens (tertiary/aromatic N) is 1. The van der Waals surface area contributed by atoms with E-state index < -0.39 is 17.8 Å². The van der Waals surface area contributed by atoms with E-state index in [-0.39, 0.29) is 6.42 Å². The first-order chi connectivity index (χ1) is 7.58. The van der Waals surface area contributed by atoms with Gasteiger partial charge in [-0.3, -0.25) is 4.79 Å². The van der Waals surface area contributed by atoms with Gasteiger partial charge >= 0.3 is 5.97 Å². The molecule has 0 aliphatic heterocycles. The first-order valence-corrected chi connectivity index (χ1v) is 4.60. The number of rotatable bonds is 3. The predicted molar refractivity (Wildman–Crippen MR) is 54.8 cm³/mol. The molecule has 0 amide bonds. The van der Waals surface area contributed by atoms with Crippen molar-refractivity contribution in [2.75, 3.05) is 7.11 Å². The fourth-order valence-corrected chi connectivity index (χ4v) is 1.31. The summed E-state index contributed by atoms with van der Waals surface area (Å²) < 4.78 is 17.4. The van der Waals surface area contributed by atoms with E-state index in [1.165, 1.54) is 25.3 Å². The molecule has 0 fully saturated rings. The van der Waals surface area contributed by atoms with Gasteiger partial charge in [0, 0.05) is 0 Å². The lowest BCUT2D eigenvalue weighted by molar-refractivity contribution is -0.142. The van der Waals surface area contributed by atoms with Gasteiger partial charge in [0.05, 0.1) is 18.7 Å². The maximum absolute atomic E-state index is 13.0. The standard InChI is InChI=1S/C11H11FN2O2/c1-16-11(15)10(14)5-8-4-9(12)3-2-7(8)6-13/h2-4,10H,5,14H2,1H3/t10-/m0/s1. The highest BCUT2D eigenvalue weighted by Crippen LogP contribution is 2.12. The van der Waals surface area contributed by atoms with Crippen molar-refractivity contribution in [3.05, 3.63) is 35.1 Å². The molecule has 0 aromatic heterocycles. The monoisotopic (exact) mass is 222 g/mol. The van der Waals surface area contributed by atoms with Gasteiger partial charge in [-0.05, 0) is 30.2 Å². The smallest absolute Gasteiger partial charge is 0.322 e. The van der Waals surface area contributed by atoms with Crippen LogP contribution in [0, 0.1) is 17.1 Å². The maximum atomic E-state index is 13.0. The molecule has 0 aliphatic rings. The van der Waals surface area contributed by atoms with Crippen LogP contribution in [0.5, 0.6) is 0 Å². The number of esters is 1. The molecule has 0 radical (unpaired) electrons. The van der Waals surface area contributed by atoms with E-state index in [0.717, 1.165) is 0 Å². The molecule has 4 nitrogen and oxygen atoms in total. The SMILES string of the molecule is COC(=O)[C@@H](N)Cc1cc(F)ccc1C#N. The molecule has 0 unspecified atom stereocenters. The van der Waals surface area contributed by atoms with Crippen molar-refractivity contribution in [2.24, 2.45) is 5.73 Å². The second-order valence-electron chi connectivity index (χ2n) is 3.25. The zero-order valence-electron chi connectivity index (χ0n) is 8.74. The van der Waals surface area contributed by atoms with Gasteiger partial charge in [0.2, 0.25) is 0 Å². The van der Waals surface area contributed by atoms with Crippen LogP contribution < -0.4 is 5.73 Å². The minimum Gasteiger partial charge on any atom is -0.468 e. The molecule has 1 atom stereocenters. The van der Waals surface area contributed by atoms with Crippen molar-refractivity contribution >= 4 is 5.97 Å². The Kier molecular flexibility index (Phi) is 3.97. The summed E-state index contributed by atoms with van der Waals surface area (Å²) in [6.07, 6.45) is 0.0767. The van der Waals surface area contributed by atoms with Gasteiger partial charge in [-0.25, -0.2) is 4.39 Å². The molecule has 1 aromatic rings. The second-order valence-corrected chi connectivity index (χ2v) is 3.25. The third-order valence-corrected chi connectivity index (χ3v) is 2.13. The fraction of sp³-hybridized carbons (Fsp3) is 0.273.